The molecule has 2 N–H and O–H groups in total. The van der Waals surface area contributed by atoms with Gasteiger partial charge in [-0.3, -0.25) is 10.1 Å². The number of carbonyl (C=O) groups excluding carboxylic acids is 1. The number of carbonyl (C=O) groups is 1. The van der Waals surface area contributed by atoms with E-state index >= 15 is 0 Å². The van der Waals surface area contributed by atoms with E-state index in [1.807, 2.05) is 16.8 Å². The summed E-state index contributed by atoms with van der Waals surface area (Å²) in [6.07, 6.45) is 0. The molecule has 0 spiro atoms. The third-order valence-electron chi connectivity index (χ3n) is 1.85. The van der Waals surface area contributed by atoms with Gasteiger partial charge in [0.2, 0.25) is 5.91 Å². The fraction of sp³-hybridized carbons (Fsp3) is 0.400. The number of amides is 1. The summed E-state index contributed by atoms with van der Waals surface area (Å²) in [4.78, 5) is 10.6. The number of nitrogens with one attached hydrogen (secondary N) is 2. The molecule has 0 saturated carbocycles. The highest BCUT2D eigenvalue weighted by molar-refractivity contribution is 7.08. The maximum absolute atomic E-state index is 10.6. The van der Waals surface area contributed by atoms with Crippen LogP contribution in [0.2, 0.25) is 0 Å². The molecule has 0 aliphatic carbocycles. The predicted octanol–water partition coefficient (Wildman–Crippen LogP) is 1.04. The van der Waals surface area contributed by atoms with Crippen LogP contribution in [0.3, 0.4) is 0 Å². The van der Waals surface area contributed by atoms with Crippen LogP contribution >= 0.6 is 11.3 Å². The molecule has 1 aromatic heterocycles. The summed E-state index contributed by atoms with van der Waals surface area (Å²) < 4.78 is 0. The monoisotopic (exact) mass is 223 g/mol. The minimum Gasteiger partial charge on any atom is -0.355 e. The van der Waals surface area contributed by atoms with Gasteiger partial charge in [-0.05, 0) is 22.4 Å². The van der Waals surface area contributed by atoms with Gasteiger partial charge >= 0.3 is 0 Å². The van der Waals surface area contributed by atoms with Crippen LogP contribution in [-0.2, 0) is 4.79 Å². The van der Waals surface area contributed by atoms with E-state index in [0.29, 0.717) is 13.1 Å². The molecule has 0 bridgehead atoms. The van der Waals surface area contributed by atoms with Gasteiger partial charge in [0, 0.05) is 20.0 Å². The molecule has 0 radical (unpaired) electrons. The lowest BCUT2D eigenvalue weighted by Gasteiger charge is -2.09. The van der Waals surface area contributed by atoms with Crippen LogP contribution in [-0.4, -0.2) is 19.0 Å². The molecule has 0 fully saturated rings. The van der Waals surface area contributed by atoms with Crippen molar-refractivity contribution in [3.05, 3.63) is 22.4 Å². The predicted molar refractivity (Wildman–Crippen MR) is 59.4 cm³/mol. The van der Waals surface area contributed by atoms with Gasteiger partial charge in [0.15, 0.2) is 0 Å². The highest BCUT2D eigenvalue weighted by Gasteiger charge is 2.08. The zero-order valence-electron chi connectivity index (χ0n) is 8.49. The van der Waals surface area contributed by atoms with Crippen molar-refractivity contribution in [3.63, 3.8) is 0 Å². The lowest BCUT2D eigenvalue weighted by molar-refractivity contribution is -0.118. The largest absolute Gasteiger partial charge is 0.355 e. The molecule has 80 valence electrons. The summed E-state index contributed by atoms with van der Waals surface area (Å²) in [6.45, 7) is 2.60. The Morgan fingerprint density at radius 1 is 1.67 bits per heavy atom. The van der Waals surface area contributed by atoms with Gasteiger partial charge in [-0.2, -0.15) is 16.6 Å². The van der Waals surface area contributed by atoms with Crippen molar-refractivity contribution in [1.82, 2.24) is 10.6 Å². The summed E-state index contributed by atoms with van der Waals surface area (Å²) >= 11 is 1.57. The second-order valence-electron chi connectivity index (χ2n) is 3.06. The second kappa shape index (κ2) is 6.17. The lowest BCUT2D eigenvalue weighted by atomic mass is 10.2. The molecule has 4 nitrogen and oxygen atoms in total. The maximum Gasteiger partial charge on any atom is 0.216 e. The maximum atomic E-state index is 10.6. The van der Waals surface area contributed by atoms with Gasteiger partial charge in [-0.15, -0.1) is 0 Å². The van der Waals surface area contributed by atoms with Crippen LogP contribution in [0.25, 0.3) is 0 Å². The molecule has 1 atom stereocenters. The van der Waals surface area contributed by atoms with E-state index in [-0.39, 0.29) is 11.9 Å². The van der Waals surface area contributed by atoms with E-state index in [1.54, 1.807) is 11.3 Å². The zero-order valence-corrected chi connectivity index (χ0v) is 9.30. The van der Waals surface area contributed by atoms with Crippen LogP contribution in [0.15, 0.2) is 16.8 Å². The SMILES string of the molecule is CC(=O)NCCNC(C#N)c1ccsc1. The van der Waals surface area contributed by atoms with Crippen molar-refractivity contribution in [1.29, 1.82) is 5.26 Å². The standard InChI is InChI=1S/C10H13N3OS/c1-8(14)12-3-4-13-10(6-11)9-2-5-15-7-9/h2,5,7,10,13H,3-4H2,1H3,(H,12,14). The molecule has 1 amide bonds. The molecular weight excluding hydrogens is 210 g/mol. The number of thiophene rings is 1. The van der Waals surface area contributed by atoms with Gasteiger partial charge in [0.1, 0.15) is 6.04 Å². The van der Waals surface area contributed by atoms with E-state index < -0.39 is 0 Å². The van der Waals surface area contributed by atoms with Crippen molar-refractivity contribution in [2.75, 3.05) is 13.1 Å². The van der Waals surface area contributed by atoms with Gasteiger partial charge in [0.05, 0.1) is 6.07 Å². The zero-order chi connectivity index (χ0) is 11.1. The highest BCUT2D eigenvalue weighted by atomic mass is 32.1. The fourth-order valence-corrected chi connectivity index (χ4v) is 1.82. The van der Waals surface area contributed by atoms with Crippen molar-refractivity contribution < 1.29 is 4.79 Å². The highest BCUT2D eigenvalue weighted by Crippen LogP contribution is 2.14. The molecule has 0 aliphatic heterocycles. The van der Waals surface area contributed by atoms with Gasteiger partial charge in [-0.1, -0.05) is 0 Å². The number of rotatable bonds is 5. The molecule has 1 heterocycles. The first kappa shape index (κ1) is 11.7. The molecule has 1 aromatic rings. The van der Waals surface area contributed by atoms with E-state index in [0.717, 1.165) is 5.56 Å². The van der Waals surface area contributed by atoms with E-state index in [1.165, 1.54) is 6.92 Å². The van der Waals surface area contributed by atoms with Gasteiger partial charge in [0.25, 0.3) is 0 Å². The summed E-state index contributed by atoms with van der Waals surface area (Å²) in [5.74, 6) is -0.0548. The van der Waals surface area contributed by atoms with Crippen LogP contribution < -0.4 is 10.6 Å². The molecule has 1 unspecified atom stereocenters. The van der Waals surface area contributed by atoms with Crippen LogP contribution in [0.5, 0.6) is 0 Å². The van der Waals surface area contributed by atoms with Crippen LogP contribution in [0, 0.1) is 11.3 Å². The van der Waals surface area contributed by atoms with E-state index in [2.05, 4.69) is 16.7 Å². The molecule has 15 heavy (non-hydrogen) atoms. The molecule has 0 aromatic carbocycles. The van der Waals surface area contributed by atoms with Crippen molar-refractivity contribution >= 4 is 17.2 Å². The topological polar surface area (TPSA) is 64.9 Å². The summed E-state index contributed by atoms with van der Waals surface area (Å²) in [5.41, 5.74) is 0.977. The first-order valence-electron chi connectivity index (χ1n) is 4.63. The lowest BCUT2D eigenvalue weighted by Crippen LogP contribution is -2.31. The fourth-order valence-electron chi connectivity index (χ4n) is 1.13. The molecule has 5 heteroatoms. The smallest absolute Gasteiger partial charge is 0.216 e. The number of nitrogens with zero attached hydrogens (tertiary/aromatic N) is 1. The Bertz CT molecular complexity index is 342. The minimum absolute atomic E-state index is 0.0548. The van der Waals surface area contributed by atoms with Gasteiger partial charge in [-0.25, -0.2) is 0 Å². The Morgan fingerprint density at radius 2 is 2.47 bits per heavy atom. The first-order valence-corrected chi connectivity index (χ1v) is 5.58. The quantitative estimate of drug-likeness (QED) is 0.733. The number of nitriles is 1. The molecule has 0 aliphatic rings. The molecule has 0 saturated heterocycles. The Labute approximate surface area is 92.9 Å². The number of hydrogen-bond acceptors (Lipinski definition) is 4. The summed E-state index contributed by atoms with van der Waals surface area (Å²) in [7, 11) is 0. The van der Waals surface area contributed by atoms with Crippen LogP contribution in [0.1, 0.15) is 18.5 Å². The third kappa shape index (κ3) is 4.11. The average Bonchev–Trinajstić information content (AvgIpc) is 2.70. The Morgan fingerprint density at radius 3 is 3.00 bits per heavy atom. The summed E-state index contributed by atoms with van der Waals surface area (Å²) in [6, 6.07) is 3.81. The minimum atomic E-state index is -0.287. The summed E-state index contributed by atoms with van der Waals surface area (Å²) in [5, 5.41) is 18.5. The van der Waals surface area contributed by atoms with Crippen molar-refractivity contribution in [3.8, 4) is 6.07 Å². The third-order valence-corrected chi connectivity index (χ3v) is 2.55. The van der Waals surface area contributed by atoms with Crippen molar-refractivity contribution in [2.45, 2.75) is 13.0 Å². The Hall–Kier alpha value is -1.38. The van der Waals surface area contributed by atoms with E-state index in [9.17, 15) is 4.79 Å². The Kier molecular flexibility index (Phi) is 4.81. The number of hydrogen-bond donors (Lipinski definition) is 2. The van der Waals surface area contributed by atoms with Crippen molar-refractivity contribution in [2.24, 2.45) is 0 Å². The Balaban J connectivity index is 2.30. The second-order valence-corrected chi connectivity index (χ2v) is 3.84. The molecular formula is C10H13N3OS. The van der Waals surface area contributed by atoms with E-state index in [4.69, 9.17) is 5.26 Å². The van der Waals surface area contributed by atoms with Crippen LogP contribution in [0.4, 0.5) is 0 Å². The normalized spacial score (nSPS) is 11.7. The average molecular weight is 223 g/mol. The first-order chi connectivity index (χ1) is 7.24. The molecule has 1 rings (SSSR count). The van der Waals surface area contributed by atoms with Gasteiger partial charge < -0.3 is 5.32 Å².